The van der Waals surface area contributed by atoms with E-state index in [1.54, 1.807) is 38.1 Å². The van der Waals surface area contributed by atoms with Gasteiger partial charge in [0.2, 0.25) is 0 Å². The molecule has 0 radical (unpaired) electrons. The molecule has 0 spiro atoms. The Morgan fingerprint density at radius 1 is 1.25 bits per heavy atom. The smallest absolute Gasteiger partial charge is 0.336 e. The number of aliphatic hydroxyl groups is 1. The minimum Gasteiger partial charge on any atom is -0.488 e. The second-order valence-corrected chi connectivity index (χ2v) is 7.03. The Bertz CT molecular complexity index is 1100. The molecule has 0 fully saturated rings. The minimum absolute atomic E-state index is 0.106. The first-order chi connectivity index (χ1) is 13.2. The third kappa shape index (κ3) is 3.94. The highest BCUT2D eigenvalue weighted by Gasteiger charge is 2.32. The number of benzene rings is 1. The molecule has 1 N–H and O–H groups in total. The fourth-order valence-corrected chi connectivity index (χ4v) is 2.65. The molecule has 0 saturated heterocycles. The summed E-state index contributed by atoms with van der Waals surface area (Å²) in [7, 11) is 0. The van der Waals surface area contributed by atoms with Crippen LogP contribution in [0.3, 0.4) is 0 Å². The molecule has 148 valence electrons. The van der Waals surface area contributed by atoms with E-state index < -0.39 is 23.3 Å². The van der Waals surface area contributed by atoms with Crippen LogP contribution in [0.4, 0.5) is 0 Å². The molecule has 0 amide bonds. The monoisotopic (exact) mass is 386 g/mol. The number of hydrogen-bond acceptors (Lipinski definition) is 7. The summed E-state index contributed by atoms with van der Waals surface area (Å²) in [6, 6.07) is 6.23. The Balaban J connectivity index is 1.96. The summed E-state index contributed by atoms with van der Waals surface area (Å²) in [5.74, 6) is -0.117. The summed E-state index contributed by atoms with van der Waals surface area (Å²) in [4.78, 5) is 23.7. The number of carbonyl (C=O) groups excluding carboxylic acids is 1. The Hall–Kier alpha value is -3.06. The van der Waals surface area contributed by atoms with Crippen LogP contribution in [0.5, 0.6) is 5.75 Å². The normalized spacial score (nSPS) is 13.7. The summed E-state index contributed by atoms with van der Waals surface area (Å²) in [6.45, 7) is 6.33. The van der Waals surface area contributed by atoms with Crippen molar-refractivity contribution in [3.8, 4) is 5.75 Å². The first kappa shape index (κ1) is 19.7. The highest BCUT2D eigenvalue weighted by molar-refractivity contribution is 6.01. The van der Waals surface area contributed by atoms with Gasteiger partial charge < -0.3 is 23.4 Å². The Morgan fingerprint density at radius 3 is 2.64 bits per heavy atom. The van der Waals surface area contributed by atoms with Gasteiger partial charge in [-0.2, -0.15) is 0 Å². The standard InChI is InChI=1S/C21H22O7/c1-5-12(2)20(23)28-17(21(3,4)24)11-26-19-13-6-7-18(22)27-16(13)10-15-14(19)8-9-25-15/h5-10,17,24H,11H2,1-4H3/b12-5+/t17-/m1/s1. The largest absolute Gasteiger partial charge is 0.488 e. The van der Waals surface area contributed by atoms with Crippen LogP contribution >= 0.6 is 0 Å². The van der Waals surface area contributed by atoms with Gasteiger partial charge in [0.25, 0.3) is 0 Å². The molecule has 1 aromatic carbocycles. The molecule has 0 aliphatic rings. The maximum Gasteiger partial charge on any atom is 0.336 e. The number of allylic oxidation sites excluding steroid dienone is 1. The summed E-state index contributed by atoms with van der Waals surface area (Å²) in [5.41, 5.74) is -0.603. The van der Waals surface area contributed by atoms with Gasteiger partial charge in [-0.25, -0.2) is 9.59 Å². The number of hydrogen-bond donors (Lipinski definition) is 1. The van der Waals surface area contributed by atoms with Gasteiger partial charge in [0, 0.05) is 17.7 Å². The van der Waals surface area contributed by atoms with E-state index >= 15 is 0 Å². The average molecular weight is 386 g/mol. The highest BCUT2D eigenvalue weighted by Crippen LogP contribution is 2.35. The number of rotatable bonds is 6. The van der Waals surface area contributed by atoms with Crippen molar-refractivity contribution in [2.45, 2.75) is 39.4 Å². The van der Waals surface area contributed by atoms with E-state index in [9.17, 15) is 14.7 Å². The van der Waals surface area contributed by atoms with Crippen molar-refractivity contribution in [2.24, 2.45) is 0 Å². The fraction of sp³-hybridized carbons (Fsp3) is 0.333. The van der Waals surface area contributed by atoms with E-state index in [2.05, 4.69) is 0 Å². The predicted molar refractivity (Wildman–Crippen MR) is 103 cm³/mol. The molecule has 2 heterocycles. The molecule has 0 bridgehead atoms. The zero-order valence-electron chi connectivity index (χ0n) is 16.1. The first-order valence-corrected chi connectivity index (χ1v) is 8.84. The molecule has 28 heavy (non-hydrogen) atoms. The fourth-order valence-electron chi connectivity index (χ4n) is 2.65. The molecular weight excluding hydrogens is 364 g/mol. The van der Waals surface area contributed by atoms with Crippen LogP contribution in [-0.4, -0.2) is 29.4 Å². The molecule has 2 aromatic heterocycles. The van der Waals surface area contributed by atoms with Crippen molar-refractivity contribution in [3.63, 3.8) is 0 Å². The lowest BCUT2D eigenvalue weighted by atomic mass is 10.0. The van der Waals surface area contributed by atoms with E-state index in [0.29, 0.717) is 33.3 Å². The molecule has 3 aromatic rings. The van der Waals surface area contributed by atoms with Gasteiger partial charge in [-0.15, -0.1) is 0 Å². The molecule has 0 aliphatic carbocycles. The van der Waals surface area contributed by atoms with Gasteiger partial charge in [0.05, 0.1) is 22.6 Å². The zero-order chi connectivity index (χ0) is 20.5. The quantitative estimate of drug-likeness (QED) is 0.393. The van der Waals surface area contributed by atoms with Crippen molar-refractivity contribution in [3.05, 3.63) is 52.6 Å². The molecule has 7 nitrogen and oxygen atoms in total. The summed E-state index contributed by atoms with van der Waals surface area (Å²) < 4.78 is 22.0. The predicted octanol–water partition coefficient (Wildman–Crippen LogP) is 3.57. The topological polar surface area (TPSA) is 99.1 Å². The molecular formula is C21H22O7. The molecule has 1 atom stereocenters. The third-order valence-corrected chi connectivity index (χ3v) is 4.48. The SMILES string of the molecule is C/C=C(\C)C(=O)O[C@H](COc1c2ccoc2cc2oc(=O)ccc12)C(C)(C)O. The maximum absolute atomic E-state index is 12.1. The Labute approximate surface area is 161 Å². The van der Waals surface area contributed by atoms with E-state index in [1.165, 1.54) is 26.2 Å². The lowest BCUT2D eigenvalue weighted by Crippen LogP contribution is -2.44. The van der Waals surface area contributed by atoms with Crippen LogP contribution < -0.4 is 10.4 Å². The molecule has 7 heteroatoms. The van der Waals surface area contributed by atoms with Crippen molar-refractivity contribution in [1.29, 1.82) is 0 Å². The van der Waals surface area contributed by atoms with Crippen molar-refractivity contribution in [2.75, 3.05) is 6.61 Å². The molecule has 0 aliphatic heterocycles. The van der Waals surface area contributed by atoms with Crippen molar-refractivity contribution >= 4 is 27.9 Å². The second kappa shape index (κ2) is 7.52. The molecule has 0 saturated carbocycles. The number of carbonyl (C=O) groups is 1. The number of fused-ring (bicyclic) bond motifs is 2. The lowest BCUT2D eigenvalue weighted by molar-refractivity contribution is -0.160. The Morgan fingerprint density at radius 2 is 1.96 bits per heavy atom. The van der Waals surface area contributed by atoms with Gasteiger partial charge in [-0.05, 0) is 39.8 Å². The van der Waals surface area contributed by atoms with E-state index in [4.69, 9.17) is 18.3 Å². The van der Waals surface area contributed by atoms with Gasteiger partial charge in [0.1, 0.15) is 23.5 Å². The van der Waals surface area contributed by atoms with Crippen LogP contribution in [-0.2, 0) is 9.53 Å². The van der Waals surface area contributed by atoms with E-state index in [1.807, 2.05) is 0 Å². The van der Waals surface area contributed by atoms with Gasteiger partial charge >= 0.3 is 11.6 Å². The minimum atomic E-state index is -1.34. The lowest BCUT2D eigenvalue weighted by Gasteiger charge is -2.29. The first-order valence-electron chi connectivity index (χ1n) is 8.84. The van der Waals surface area contributed by atoms with Gasteiger partial charge in [-0.3, -0.25) is 0 Å². The highest BCUT2D eigenvalue weighted by atomic mass is 16.6. The van der Waals surface area contributed by atoms with Crippen LogP contribution in [0.25, 0.3) is 21.9 Å². The van der Waals surface area contributed by atoms with Gasteiger partial charge in [0.15, 0.2) is 6.10 Å². The van der Waals surface area contributed by atoms with Crippen molar-refractivity contribution < 1.29 is 28.2 Å². The maximum atomic E-state index is 12.1. The Kier molecular flexibility index (Phi) is 5.29. The summed E-state index contributed by atoms with van der Waals surface area (Å²) in [6.07, 6.45) is 2.20. The average Bonchev–Trinajstić information content (AvgIpc) is 3.10. The third-order valence-electron chi connectivity index (χ3n) is 4.48. The molecule has 0 unspecified atom stereocenters. The number of furan rings is 1. The van der Waals surface area contributed by atoms with Gasteiger partial charge in [-0.1, -0.05) is 6.08 Å². The van der Waals surface area contributed by atoms with Crippen LogP contribution in [0.1, 0.15) is 27.7 Å². The molecule has 3 rings (SSSR count). The van der Waals surface area contributed by atoms with Crippen molar-refractivity contribution in [1.82, 2.24) is 0 Å². The summed E-state index contributed by atoms with van der Waals surface area (Å²) >= 11 is 0. The number of ether oxygens (including phenoxy) is 2. The summed E-state index contributed by atoms with van der Waals surface area (Å²) in [5, 5.41) is 11.7. The van der Waals surface area contributed by atoms with Crippen LogP contribution in [0.15, 0.2) is 55.8 Å². The zero-order valence-corrected chi connectivity index (χ0v) is 16.1. The van der Waals surface area contributed by atoms with E-state index in [-0.39, 0.29) is 6.61 Å². The number of esters is 1. The van der Waals surface area contributed by atoms with Crippen LogP contribution in [0, 0.1) is 0 Å². The van der Waals surface area contributed by atoms with Crippen LogP contribution in [0.2, 0.25) is 0 Å². The second-order valence-electron chi connectivity index (χ2n) is 7.03. The van der Waals surface area contributed by atoms with E-state index in [0.717, 1.165) is 0 Å².